The Balaban J connectivity index is 1.59. The molecule has 3 aromatic carbocycles. The van der Waals surface area contributed by atoms with Gasteiger partial charge in [-0.15, -0.1) is 0 Å². The van der Waals surface area contributed by atoms with E-state index in [1.54, 1.807) is 39.0 Å². The molecule has 0 aliphatic carbocycles. The van der Waals surface area contributed by atoms with Crippen molar-refractivity contribution in [2.24, 2.45) is 0 Å². The Labute approximate surface area is 370 Å². The van der Waals surface area contributed by atoms with Crippen molar-refractivity contribution in [2.45, 2.75) is 129 Å². The van der Waals surface area contributed by atoms with Crippen LogP contribution in [0.2, 0.25) is 0 Å². The molecular formula is C48H63N3O12. The van der Waals surface area contributed by atoms with E-state index in [0.717, 1.165) is 11.1 Å². The molecule has 15 heteroatoms. The quantitative estimate of drug-likeness (QED) is 0.0382. The van der Waals surface area contributed by atoms with Crippen molar-refractivity contribution in [3.63, 3.8) is 0 Å². The average molecular weight is 874 g/mol. The third kappa shape index (κ3) is 23.0. The lowest BCUT2D eigenvalue weighted by Gasteiger charge is -2.26. The van der Waals surface area contributed by atoms with Crippen molar-refractivity contribution in [1.29, 1.82) is 0 Å². The van der Waals surface area contributed by atoms with E-state index in [4.69, 9.17) is 23.7 Å². The molecule has 0 saturated carbocycles. The first kappa shape index (κ1) is 51.1. The lowest BCUT2D eigenvalue weighted by atomic mass is 10.1. The number of amides is 3. The maximum Gasteiger partial charge on any atom is 0.407 e. The van der Waals surface area contributed by atoms with E-state index >= 15 is 0 Å². The molecule has 0 bridgehead atoms. The van der Waals surface area contributed by atoms with E-state index in [9.17, 15) is 33.6 Å². The maximum absolute atomic E-state index is 13.8. The minimum atomic E-state index is -1.85. The van der Waals surface area contributed by atoms with E-state index in [2.05, 4.69) is 16.0 Å². The molecule has 15 nitrogen and oxygen atoms in total. The topological polar surface area (TPSA) is 202 Å². The maximum atomic E-state index is 13.8. The minimum Gasteiger partial charge on any atom is -0.461 e. The molecule has 342 valence electrons. The Morgan fingerprint density at radius 2 is 0.873 bits per heavy atom. The van der Waals surface area contributed by atoms with Crippen molar-refractivity contribution in [3.8, 4) is 0 Å². The van der Waals surface area contributed by atoms with Gasteiger partial charge in [0.1, 0.15) is 18.8 Å². The van der Waals surface area contributed by atoms with E-state index in [0.29, 0.717) is 64.3 Å². The van der Waals surface area contributed by atoms with Crippen LogP contribution >= 0.6 is 0 Å². The lowest BCUT2D eigenvalue weighted by Crippen LogP contribution is -2.53. The molecule has 63 heavy (non-hydrogen) atoms. The van der Waals surface area contributed by atoms with Gasteiger partial charge in [-0.05, 0) is 82.6 Å². The summed E-state index contributed by atoms with van der Waals surface area (Å²) < 4.78 is 27.2. The van der Waals surface area contributed by atoms with Crippen LogP contribution in [0.4, 0.5) is 4.79 Å². The SMILES string of the molecule is CC(C)(C)OC(=O)NCCCCCC(=O)O[C@H](C(=O)NCCCCCC(=O)OCc1ccccc1)[C@H](OC(=O)c1ccccc1)C(=O)NCCCCCC(=O)OCc1ccccc1. The molecule has 2 atom stereocenters. The molecule has 0 aliphatic heterocycles. The van der Waals surface area contributed by atoms with Crippen LogP contribution in [0, 0.1) is 0 Å². The third-order valence-corrected chi connectivity index (χ3v) is 9.22. The van der Waals surface area contributed by atoms with Crippen LogP contribution in [-0.2, 0) is 60.9 Å². The minimum absolute atomic E-state index is 0.113. The number of carbonyl (C=O) groups excluding carboxylic acids is 7. The Morgan fingerprint density at radius 1 is 0.476 bits per heavy atom. The lowest BCUT2D eigenvalue weighted by molar-refractivity contribution is -0.166. The molecule has 0 spiro atoms. The van der Waals surface area contributed by atoms with Gasteiger partial charge in [-0.1, -0.05) is 98.1 Å². The van der Waals surface area contributed by atoms with Crippen molar-refractivity contribution >= 4 is 41.8 Å². The molecule has 0 saturated heterocycles. The van der Waals surface area contributed by atoms with Crippen LogP contribution in [0.1, 0.15) is 119 Å². The summed E-state index contributed by atoms with van der Waals surface area (Å²) in [6.07, 6.45) is 0.461. The molecule has 0 unspecified atom stereocenters. The Kier molecular flexibility index (Phi) is 23.6. The molecule has 3 N–H and O–H groups in total. The van der Waals surface area contributed by atoms with E-state index in [1.165, 1.54) is 12.1 Å². The van der Waals surface area contributed by atoms with E-state index in [-0.39, 0.29) is 63.1 Å². The fourth-order valence-corrected chi connectivity index (χ4v) is 5.93. The zero-order chi connectivity index (χ0) is 45.7. The van der Waals surface area contributed by atoms with Gasteiger partial charge in [0.05, 0.1) is 5.56 Å². The number of benzene rings is 3. The highest BCUT2D eigenvalue weighted by Gasteiger charge is 2.40. The smallest absolute Gasteiger partial charge is 0.407 e. The summed E-state index contributed by atoms with van der Waals surface area (Å²) in [5, 5.41) is 8.05. The summed E-state index contributed by atoms with van der Waals surface area (Å²) in [5.74, 6) is -4.08. The van der Waals surface area contributed by atoms with Gasteiger partial charge in [-0.2, -0.15) is 0 Å². The van der Waals surface area contributed by atoms with Gasteiger partial charge in [-0.25, -0.2) is 9.59 Å². The Morgan fingerprint density at radius 3 is 1.32 bits per heavy atom. The fourth-order valence-electron chi connectivity index (χ4n) is 5.93. The first-order chi connectivity index (χ1) is 30.3. The van der Waals surface area contributed by atoms with Gasteiger partial charge >= 0.3 is 30.0 Å². The number of ether oxygens (including phenoxy) is 5. The summed E-state index contributed by atoms with van der Waals surface area (Å²) >= 11 is 0. The van der Waals surface area contributed by atoms with Crippen LogP contribution < -0.4 is 16.0 Å². The highest BCUT2D eigenvalue weighted by atomic mass is 16.6. The molecule has 0 fully saturated rings. The molecule has 0 aromatic heterocycles. The number of nitrogens with one attached hydrogen (secondary N) is 3. The molecular weight excluding hydrogens is 811 g/mol. The Hall–Kier alpha value is -6.25. The van der Waals surface area contributed by atoms with Gasteiger partial charge in [0.2, 0.25) is 12.2 Å². The van der Waals surface area contributed by atoms with Gasteiger partial charge in [0.25, 0.3) is 11.8 Å². The second-order valence-corrected chi connectivity index (χ2v) is 15.8. The number of unbranched alkanes of at least 4 members (excludes halogenated alkanes) is 6. The van der Waals surface area contributed by atoms with Crippen LogP contribution in [0.15, 0.2) is 91.0 Å². The highest BCUT2D eigenvalue weighted by molar-refractivity contribution is 5.96. The summed E-state index contributed by atoms with van der Waals surface area (Å²) in [4.78, 5) is 90.5. The van der Waals surface area contributed by atoms with Gasteiger partial charge < -0.3 is 39.6 Å². The number of esters is 4. The Bertz CT molecular complexity index is 1850. The first-order valence-electron chi connectivity index (χ1n) is 21.7. The molecule has 3 amide bonds. The zero-order valence-corrected chi connectivity index (χ0v) is 36.7. The van der Waals surface area contributed by atoms with Crippen molar-refractivity contribution in [3.05, 3.63) is 108 Å². The fraction of sp³-hybridized carbons (Fsp3) is 0.479. The zero-order valence-electron chi connectivity index (χ0n) is 36.7. The highest BCUT2D eigenvalue weighted by Crippen LogP contribution is 2.15. The number of hydrogen-bond donors (Lipinski definition) is 3. The van der Waals surface area contributed by atoms with Crippen LogP contribution in [0.3, 0.4) is 0 Å². The molecule has 3 aromatic rings. The largest absolute Gasteiger partial charge is 0.461 e. The number of carbonyl (C=O) groups is 7. The molecule has 0 radical (unpaired) electrons. The summed E-state index contributed by atoms with van der Waals surface area (Å²) in [7, 11) is 0. The third-order valence-electron chi connectivity index (χ3n) is 9.22. The predicted octanol–water partition coefficient (Wildman–Crippen LogP) is 7.05. The van der Waals surface area contributed by atoms with Crippen molar-refractivity contribution in [1.82, 2.24) is 16.0 Å². The van der Waals surface area contributed by atoms with E-state index < -0.39 is 47.7 Å². The summed E-state index contributed by atoms with van der Waals surface area (Å²) in [5.41, 5.74) is 1.24. The summed E-state index contributed by atoms with van der Waals surface area (Å²) in [6, 6.07) is 26.6. The van der Waals surface area contributed by atoms with Crippen LogP contribution in [0.25, 0.3) is 0 Å². The first-order valence-corrected chi connectivity index (χ1v) is 21.7. The van der Waals surface area contributed by atoms with Crippen LogP contribution in [0.5, 0.6) is 0 Å². The van der Waals surface area contributed by atoms with Gasteiger partial charge in [0.15, 0.2) is 0 Å². The average Bonchev–Trinajstić information content (AvgIpc) is 3.27. The monoisotopic (exact) mass is 873 g/mol. The van der Waals surface area contributed by atoms with Gasteiger partial charge in [0, 0.05) is 38.9 Å². The number of hydrogen-bond acceptors (Lipinski definition) is 12. The van der Waals surface area contributed by atoms with Crippen molar-refractivity contribution < 1.29 is 57.2 Å². The number of rotatable bonds is 28. The standard InChI is InChI=1S/C48H63N3O12/c1-48(2,3)63-47(58)51-33-21-9-18-30-41(54)61-42(44(55)49-31-19-7-16-28-39(52)59-34-36-22-10-4-11-23-36)43(62-46(57)38-26-14-6-15-27-38)45(56)50-32-20-8-17-29-40(53)60-35-37-24-12-5-13-25-37/h4-6,10-15,22-27,42-43H,7-9,16-21,28-35H2,1-3H3,(H,49,55)(H,50,56)(H,51,58)/t42-,43-/m0/s1. The second-order valence-electron chi connectivity index (χ2n) is 15.8. The van der Waals surface area contributed by atoms with Crippen molar-refractivity contribution in [2.75, 3.05) is 19.6 Å². The predicted molar refractivity (Wildman–Crippen MR) is 234 cm³/mol. The molecule has 3 rings (SSSR count). The number of alkyl carbamates (subject to hydrolysis) is 1. The van der Waals surface area contributed by atoms with Crippen LogP contribution in [-0.4, -0.2) is 79.2 Å². The second kappa shape index (κ2) is 29.1. The molecule has 0 aliphatic rings. The normalized spacial score (nSPS) is 11.9. The van der Waals surface area contributed by atoms with E-state index in [1.807, 2.05) is 60.7 Å². The summed E-state index contributed by atoms with van der Waals surface area (Å²) in [6.45, 7) is 6.18. The molecule has 0 heterocycles. The van der Waals surface area contributed by atoms with Gasteiger partial charge in [-0.3, -0.25) is 24.0 Å².